The summed E-state index contributed by atoms with van der Waals surface area (Å²) < 4.78 is 5.18. The van der Waals surface area contributed by atoms with Gasteiger partial charge in [-0.25, -0.2) is 0 Å². The summed E-state index contributed by atoms with van der Waals surface area (Å²) in [5, 5.41) is 11.8. The number of nitrogens with one attached hydrogen (secondary N) is 1. The van der Waals surface area contributed by atoms with Gasteiger partial charge in [0.05, 0.1) is 11.8 Å². The molecule has 2 N–H and O–H groups in total. The van der Waals surface area contributed by atoms with Crippen LogP contribution in [-0.2, 0) is 11.2 Å². The maximum atomic E-state index is 12.3. The van der Waals surface area contributed by atoms with Crippen molar-refractivity contribution >= 4 is 11.9 Å². The number of unbranched alkanes of at least 4 members (excludes halogenated alkanes) is 1. The Hall–Kier alpha value is -1.78. The lowest BCUT2D eigenvalue weighted by Gasteiger charge is -2.15. The van der Waals surface area contributed by atoms with Crippen molar-refractivity contribution in [2.75, 3.05) is 6.54 Å². The molecule has 0 radical (unpaired) electrons. The lowest BCUT2D eigenvalue weighted by molar-refractivity contribution is -0.136. The number of hydrogen-bond donors (Lipinski definition) is 2. The highest BCUT2D eigenvalue weighted by Crippen LogP contribution is 2.18. The summed E-state index contributed by atoms with van der Waals surface area (Å²) in [6.07, 6.45) is 5.58. The van der Waals surface area contributed by atoms with Gasteiger partial charge in [-0.05, 0) is 19.3 Å². The van der Waals surface area contributed by atoms with E-state index in [1.54, 1.807) is 6.92 Å². The highest BCUT2D eigenvalue weighted by molar-refractivity contribution is 5.97. The van der Waals surface area contributed by atoms with Gasteiger partial charge in [0.2, 0.25) is 0 Å². The summed E-state index contributed by atoms with van der Waals surface area (Å²) in [5.41, 5.74) is 1.04. The molecule has 0 saturated heterocycles. The standard InChI is InChI=1S/C16H25NO4/c1-4-6-7-12(5-2)9-17-16(20)15-11(3)10-21-13(15)8-14(18)19/h10,12H,4-9H2,1-3H3,(H,17,20)(H,18,19). The monoisotopic (exact) mass is 295 g/mol. The van der Waals surface area contributed by atoms with Crippen LogP contribution in [0.5, 0.6) is 0 Å². The first-order valence-electron chi connectivity index (χ1n) is 7.56. The van der Waals surface area contributed by atoms with E-state index in [1.807, 2.05) is 0 Å². The Kier molecular flexibility index (Phi) is 6.99. The zero-order valence-corrected chi connectivity index (χ0v) is 13.1. The van der Waals surface area contributed by atoms with Crippen molar-refractivity contribution in [3.8, 4) is 0 Å². The van der Waals surface area contributed by atoms with Gasteiger partial charge in [-0.15, -0.1) is 0 Å². The van der Waals surface area contributed by atoms with E-state index in [9.17, 15) is 9.59 Å². The lowest BCUT2D eigenvalue weighted by Crippen LogP contribution is -2.30. The molecule has 1 unspecified atom stereocenters. The number of amides is 1. The van der Waals surface area contributed by atoms with Crippen LogP contribution in [0.15, 0.2) is 10.7 Å². The van der Waals surface area contributed by atoms with Crippen molar-refractivity contribution in [2.24, 2.45) is 5.92 Å². The van der Waals surface area contributed by atoms with Crippen LogP contribution in [0.4, 0.5) is 0 Å². The van der Waals surface area contributed by atoms with Gasteiger partial charge in [0.1, 0.15) is 12.2 Å². The van der Waals surface area contributed by atoms with E-state index < -0.39 is 5.97 Å². The van der Waals surface area contributed by atoms with Crippen LogP contribution < -0.4 is 5.32 Å². The van der Waals surface area contributed by atoms with E-state index >= 15 is 0 Å². The summed E-state index contributed by atoms with van der Waals surface area (Å²) in [7, 11) is 0. The quantitative estimate of drug-likeness (QED) is 0.733. The number of carbonyl (C=O) groups is 2. The van der Waals surface area contributed by atoms with E-state index in [-0.39, 0.29) is 18.1 Å². The van der Waals surface area contributed by atoms with E-state index in [1.165, 1.54) is 6.26 Å². The molecule has 1 rings (SSSR count). The fourth-order valence-corrected chi connectivity index (χ4v) is 2.34. The minimum absolute atomic E-state index is 0.221. The molecule has 1 aromatic heterocycles. The Morgan fingerprint density at radius 3 is 2.67 bits per heavy atom. The van der Waals surface area contributed by atoms with Gasteiger partial charge in [-0.2, -0.15) is 0 Å². The summed E-state index contributed by atoms with van der Waals surface area (Å²) in [5.74, 6) is -0.566. The van der Waals surface area contributed by atoms with Crippen molar-refractivity contribution in [3.05, 3.63) is 23.2 Å². The highest BCUT2D eigenvalue weighted by Gasteiger charge is 2.20. The molecule has 0 fully saturated rings. The van der Waals surface area contributed by atoms with Gasteiger partial charge in [0, 0.05) is 12.1 Å². The largest absolute Gasteiger partial charge is 0.481 e. The second kappa shape index (κ2) is 8.49. The Bertz CT molecular complexity index is 479. The first-order valence-corrected chi connectivity index (χ1v) is 7.56. The van der Waals surface area contributed by atoms with Crippen molar-refractivity contribution in [1.29, 1.82) is 0 Å². The van der Waals surface area contributed by atoms with Crippen LogP contribution >= 0.6 is 0 Å². The second-order valence-electron chi connectivity index (χ2n) is 5.41. The smallest absolute Gasteiger partial charge is 0.311 e. The van der Waals surface area contributed by atoms with Crippen molar-refractivity contribution < 1.29 is 19.1 Å². The van der Waals surface area contributed by atoms with Gasteiger partial charge in [0.25, 0.3) is 5.91 Å². The summed E-state index contributed by atoms with van der Waals surface area (Å²) in [4.78, 5) is 23.1. The molecule has 0 bridgehead atoms. The highest BCUT2D eigenvalue weighted by atomic mass is 16.4. The summed E-state index contributed by atoms with van der Waals surface area (Å²) in [6, 6.07) is 0. The molecule has 1 amide bonds. The third-order valence-corrected chi connectivity index (χ3v) is 3.68. The minimum Gasteiger partial charge on any atom is -0.481 e. The third kappa shape index (κ3) is 5.25. The Labute approximate surface area is 125 Å². The first-order chi connectivity index (χ1) is 9.99. The number of furan rings is 1. The number of hydrogen-bond acceptors (Lipinski definition) is 3. The van der Waals surface area contributed by atoms with E-state index in [0.717, 1.165) is 25.7 Å². The predicted molar refractivity (Wildman–Crippen MR) is 80.4 cm³/mol. The van der Waals surface area contributed by atoms with Gasteiger partial charge in [-0.1, -0.05) is 33.1 Å². The number of aliphatic carboxylic acids is 1. The van der Waals surface area contributed by atoms with E-state index in [0.29, 0.717) is 23.6 Å². The zero-order chi connectivity index (χ0) is 15.8. The number of aryl methyl sites for hydroxylation is 1. The molecule has 0 aromatic carbocycles. The molecule has 0 aliphatic heterocycles. The number of carboxylic acid groups (broad SMARTS) is 1. The van der Waals surface area contributed by atoms with Crippen LogP contribution in [-0.4, -0.2) is 23.5 Å². The number of carboxylic acids is 1. The molecule has 1 atom stereocenters. The van der Waals surface area contributed by atoms with Crippen molar-refractivity contribution in [1.82, 2.24) is 5.32 Å². The molecule has 1 heterocycles. The van der Waals surface area contributed by atoms with Crippen LogP contribution in [0.25, 0.3) is 0 Å². The Balaban J connectivity index is 2.66. The Morgan fingerprint density at radius 1 is 1.38 bits per heavy atom. The molecular formula is C16H25NO4. The molecule has 21 heavy (non-hydrogen) atoms. The van der Waals surface area contributed by atoms with Gasteiger partial charge >= 0.3 is 5.97 Å². The molecule has 5 nitrogen and oxygen atoms in total. The Morgan fingerprint density at radius 2 is 2.10 bits per heavy atom. The molecule has 0 aliphatic rings. The molecule has 5 heteroatoms. The van der Waals surface area contributed by atoms with Crippen molar-refractivity contribution in [3.63, 3.8) is 0 Å². The summed E-state index contributed by atoms with van der Waals surface area (Å²) >= 11 is 0. The SMILES string of the molecule is CCCCC(CC)CNC(=O)c1c(C)coc1CC(=O)O. The van der Waals surface area contributed by atoms with Crippen LogP contribution in [0, 0.1) is 12.8 Å². The third-order valence-electron chi connectivity index (χ3n) is 3.68. The maximum Gasteiger partial charge on any atom is 0.311 e. The number of carbonyl (C=O) groups excluding carboxylic acids is 1. The zero-order valence-electron chi connectivity index (χ0n) is 13.1. The van der Waals surface area contributed by atoms with Gasteiger partial charge in [-0.3, -0.25) is 9.59 Å². The van der Waals surface area contributed by atoms with Gasteiger partial charge < -0.3 is 14.8 Å². The van der Waals surface area contributed by atoms with Crippen molar-refractivity contribution in [2.45, 2.75) is 52.9 Å². The normalized spacial score (nSPS) is 12.1. The fourth-order valence-electron chi connectivity index (χ4n) is 2.34. The lowest BCUT2D eigenvalue weighted by atomic mass is 9.99. The summed E-state index contributed by atoms with van der Waals surface area (Å²) in [6.45, 7) is 6.63. The topological polar surface area (TPSA) is 79.5 Å². The van der Waals surface area contributed by atoms with Gasteiger partial charge in [0.15, 0.2) is 0 Å². The predicted octanol–water partition coefficient (Wildman–Crippen LogP) is 3.16. The van der Waals surface area contributed by atoms with Crippen LogP contribution in [0.1, 0.15) is 61.2 Å². The van der Waals surface area contributed by atoms with Crippen LogP contribution in [0.3, 0.4) is 0 Å². The number of rotatable bonds is 9. The first kappa shape index (κ1) is 17.3. The molecule has 0 saturated carbocycles. The average Bonchev–Trinajstić information content (AvgIpc) is 2.79. The van der Waals surface area contributed by atoms with E-state index in [4.69, 9.17) is 9.52 Å². The maximum absolute atomic E-state index is 12.3. The van der Waals surface area contributed by atoms with E-state index in [2.05, 4.69) is 19.2 Å². The molecule has 0 spiro atoms. The van der Waals surface area contributed by atoms with Crippen LogP contribution in [0.2, 0.25) is 0 Å². The minimum atomic E-state index is -1.01. The molecular weight excluding hydrogens is 270 g/mol. The molecule has 0 aliphatic carbocycles. The average molecular weight is 295 g/mol. The fraction of sp³-hybridized carbons (Fsp3) is 0.625. The molecule has 118 valence electrons. The molecule has 1 aromatic rings. The second-order valence-corrected chi connectivity index (χ2v) is 5.41.